The molecule has 0 bridgehead atoms. The minimum absolute atomic E-state index is 0.0536. The zero-order chi connectivity index (χ0) is 15.7. The topological polar surface area (TPSA) is 29.5 Å². The molecule has 2 saturated carbocycles. The summed E-state index contributed by atoms with van der Waals surface area (Å²) in [6, 6.07) is 3.08. The van der Waals surface area contributed by atoms with E-state index in [2.05, 4.69) is 4.89 Å². The average molecular weight is 310 g/mol. The van der Waals surface area contributed by atoms with Crippen LogP contribution in [0.25, 0.3) is 0 Å². The zero-order valence-electron chi connectivity index (χ0n) is 13.0. The summed E-state index contributed by atoms with van der Waals surface area (Å²) in [5, 5.41) is 9.26. The Morgan fingerprint density at radius 3 is 2.18 bits per heavy atom. The van der Waals surface area contributed by atoms with Gasteiger partial charge in [-0.2, -0.15) is 0 Å². The van der Waals surface area contributed by atoms with Crippen molar-refractivity contribution in [1.82, 2.24) is 0 Å². The Kier molecular flexibility index (Phi) is 4.79. The van der Waals surface area contributed by atoms with Crippen LogP contribution in [0.3, 0.4) is 0 Å². The number of hydrogen-bond acceptors (Lipinski definition) is 2. The van der Waals surface area contributed by atoms with E-state index >= 15 is 0 Å². The summed E-state index contributed by atoms with van der Waals surface area (Å²) in [5.74, 6) is -0.0484. The molecule has 1 aromatic rings. The van der Waals surface area contributed by atoms with Crippen LogP contribution in [-0.2, 0) is 4.89 Å². The van der Waals surface area contributed by atoms with Crippen LogP contribution in [0.2, 0.25) is 0 Å². The first-order valence-electron chi connectivity index (χ1n) is 8.36. The van der Waals surface area contributed by atoms with Crippen LogP contribution >= 0.6 is 0 Å². The average Bonchev–Trinajstić information content (AvgIpc) is 2.48. The Morgan fingerprint density at radius 1 is 1.00 bits per heavy atom. The van der Waals surface area contributed by atoms with Crippen molar-refractivity contribution in [2.45, 2.75) is 58.0 Å². The van der Waals surface area contributed by atoms with Crippen molar-refractivity contribution in [3.8, 4) is 0 Å². The molecule has 2 nitrogen and oxygen atoms in total. The molecule has 1 atom stereocenters. The Hall–Kier alpha value is -1.00. The number of hydrogen-bond donors (Lipinski definition) is 1. The molecular formula is C18H24F2O2. The zero-order valence-corrected chi connectivity index (χ0v) is 13.0. The summed E-state index contributed by atoms with van der Waals surface area (Å²) in [5.41, 5.74) is 0.407. The molecule has 2 aliphatic carbocycles. The highest BCUT2D eigenvalue weighted by Crippen LogP contribution is 2.46. The summed E-state index contributed by atoms with van der Waals surface area (Å²) < 4.78 is 27.9. The fourth-order valence-corrected chi connectivity index (χ4v) is 4.11. The number of benzene rings is 1. The molecule has 2 aliphatic rings. The van der Waals surface area contributed by atoms with Crippen LogP contribution < -0.4 is 0 Å². The molecule has 22 heavy (non-hydrogen) atoms. The van der Waals surface area contributed by atoms with Gasteiger partial charge in [-0.25, -0.2) is 13.7 Å². The van der Waals surface area contributed by atoms with Gasteiger partial charge < -0.3 is 0 Å². The minimum atomic E-state index is -0.889. The monoisotopic (exact) mass is 310 g/mol. The quantitative estimate of drug-likeness (QED) is 0.595. The second-order valence-corrected chi connectivity index (χ2v) is 6.99. The Balaban J connectivity index is 1.71. The molecule has 122 valence electrons. The molecule has 4 heteroatoms. The summed E-state index contributed by atoms with van der Waals surface area (Å²) >= 11 is 0. The first-order valence-corrected chi connectivity index (χ1v) is 8.36. The van der Waals surface area contributed by atoms with Gasteiger partial charge >= 0.3 is 0 Å². The molecular weight excluding hydrogens is 286 g/mol. The number of rotatable bonds is 4. The lowest BCUT2D eigenvalue weighted by Crippen LogP contribution is -2.29. The highest BCUT2D eigenvalue weighted by atomic mass is 19.2. The summed E-state index contributed by atoms with van der Waals surface area (Å²) in [7, 11) is 0. The van der Waals surface area contributed by atoms with E-state index in [1.54, 1.807) is 6.07 Å². The number of aryl methyl sites for hydroxylation is 1. The Morgan fingerprint density at radius 2 is 1.64 bits per heavy atom. The first kappa shape index (κ1) is 15.9. The lowest BCUT2D eigenvalue weighted by Gasteiger charge is -2.39. The van der Waals surface area contributed by atoms with E-state index in [1.807, 2.05) is 0 Å². The van der Waals surface area contributed by atoms with Crippen molar-refractivity contribution < 1.29 is 18.9 Å². The lowest BCUT2D eigenvalue weighted by molar-refractivity contribution is -0.297. The number of halogens is 2. The minimum Gasteiger partial charge on any atom is -0.251 e. The predicted molar refractivity (Wildman–Crippen MR) is 80.3 cm³/mol. The van der Waals surface area contributed by atoms with Crippen LogP contribution in [0.15, 0.2) is 12.1 Å². The maximum Gasteiger partial charge on any atom is 0.165 e. The fraction of sp³-hybridized carbons (Fsp3) is 0.667. The molecule has 0 aromatic heterocycles. The van der Waals surface area contributed by atoms with Crippen molar-refractivity contribution in [1.29, 1.82) is 0 Å². The molecule has 0 aliphatic heterocycles. The highest BCUT2D eigenvalue weighted by Gasteiger charge is 2.35. The van der Waals surface area contributed by atoms with E-state index in [4.69, 9.17) is 0 Å². The van der Waals surface area contributed by atoms with Crippen molar-refractivity contribution in [3.63, 3.8) is 0 Å². The SMILES string of the molecule is Cc1ccc(C(OO)C2CCC(C3CCC3)CC2)c(F)c1F. The molecule has 1 N–H and O–H groups in total. The predicted octanol–water partition coefficient (Wildman–Crippen LogP) is 5.41. The maximum absolute atomic E-state index is 14.2. The second-order valence-electron chi connectivity index (χ2n) is 6.99. The molecule has 0 amide bonds. The molecule has 0 heterocycles. The molecule has 1 unspecified atom stereocenters. The van der Waals surface area contributed by atoms with Gasteiger partial charge in [-0.3, -0.25) is 5.26 Å². The van der Waals surface area contributed by atoms with Crippen molar-refractivity contribution in [3.05, 3.63) is 34.9 Å². The second kappa shape index (κ2) is 6.63. The Bertz CT molecular complexity index is 520. The van der Waals surface area contributed by atoms with E-state index in [0.29, 0.717) is 0 Å². The van der Waals surface area contributed by atoms with Gasteiger partial charge in [-0.1, -0.05) is 31.4 Å². The van der Waals surface area contributed by atoms with Gasteiger partial charge in [-0.05, 0) is 55.9 Å². The lowest BCUT2D eigenvalue weighted by atomic mass is 9.67. The standard InChI is InChI=1S/C18H24F2O2/c1-11-5-10-15(17(20)16(11)19)18(22-21)14-8-6-13(7-9-14)12-3-2-4-12/h5,10,12-14,18,21H,2-4,6-9H2,1H3. The van der Waals surface area contributed by atoms with Gasteiger partial charge in [0.2, 0.25) is 0 Å². The van der Waals surface area contributed by atoms with Crippen LogP contribution in [0.1, 0.15) is 62.2 Å². The fourth-order valence-electron chi connectivity index (χ4n) is 4.11. The first-order chi connectivity index (χ1) is 10.6. The third-order valence-electron chi connectivity index (χ3n) is 5.79. The molecule has 0 saturated heterocycles. The maximum atomic E-state index is 14.2. The normalized spacial score (nSPS) is 27.5. The van der Waals surface area contributed by atoms with Crippen molar-refractivity contribution in [2.75, 3.05) is 0 Å². The summed E-state index contributed by atoms with van der Waals surface area (Å²) in [6.45, 7) is 1.53. The van der Waals surface area contributed by atoms with Gasteiger partial charge in [0.05, 0.1) is 0 Å². The van der Waals surface area contributed by atoms with Crippen molar-refractivity contribution >= 4 is 0 Å². The molecule has 0 spiro atoms. The van der Waals surface area contributed by atoms with Gasteiger partial charge in [0.1, 0.15) is 6.10 Å². The van der Waals surface area contributed by atoms with Crippen LogP contribution in [-0.4, -0.2) is 5.26 Å². The smallest absolute Gasteiger partial charge is 0.165 e. The molecule has 0 radical (unpaired) electrons. The van der Waals surface area contributed by atoms with E-state index < -0.39 is 17.7 Å². The van der Waals surface area contributed by atoms with Crippen LogP contribution in [0.4, 0.5) is 8.78 Å². The largest absolute Gasteiger partial charge is 0.251 e. The van der Waals surface area contributed by atoms with Crippen LogP contribution in [0.5, 0.6) is 0 Å². The summed E-state index contributed by atoms with van der Waals surface area (Å²) in [4.78, 5) is 4.58. The van der Waals surface area contributed by atoms with E-state index in [-0.39, 0.29) is 17.0 Å². The Labute approximate surface area is 130 Å². The third kappa shape index (κ3) is 2.91. The molecule has 1 aromatic carbocycles. The van der Waals surface area contributed by atoms with Crippen LogP contribution in [0, 0.1) is 36.3 Å². The van der Waals surface area contributed by atoms with Gasteiger partial charge in [-0.15, -0.1) is 0 Å². The third-order valence-corrected chi connectivity index (χ3v) is 5.79. The van der Waals surface area contributed by atoms with E-state index in [0.717, 1.165) is 37.5 Å². The van der Waals surface area contributed by atoms with Gasteiger partial charge in [0, 0.05) is 5.56 Å². The highest BCUT2D eigenvalue weighted by molar-refractivity contribution is 5.27. The summed E-state index contributed by atoms with van der Waals surface area (Å²) in [6.07, 6.45) is 7.28. The van der Waals surface area contributed by atoms with E-state index in [9.17, 15) is 14.0 Å². The molecule has 3 rings (SSSR count). The van der Waals surface area contributed by atoms with E-state index in [1.165, 1.54) is 32.3 Å². The van der Waals surface area contributed by atoms with Gasteiger partial charge in [0.15, 0.2) is 11.6 Å². The van der Waals surface area contributed by atoms with Crippen molar-refractivity contribution in [2.24, 2.45) is 17.8 Å². The van der Waals surface area contributed by atoms with Gasteiger partial charge in [0.25, 0.3) is 0 Å². The molecule has 2 fully saturated rings.